The van der Waals surface area contributed by atoms with E-state index in [1.54, 1.807) is 11.8 Å². The van der Waals surface area contributed by atoms with Gasteiger partial charge in [-0.3, -0.25) is 0 Å². The van der Waals surface area contributed by atoms with Crippen molar-refractivity contribution in [3.63, 3.8) is 0 Å². The van der Waals surface area contributed by atoms with Gasteiger partial charge in [0, 0.05) is 11.0 Å². The van der Waals surface area contributed by atoms with Crippen molar-refractivity contribution in [1.82, 2.24) is 4.90 Å². The van der Waals surface area contributed by atoms with Crippen LogP contribution in [0.1, 0.15) is 30.5 Å². The lowest BCUT2D eigenvalue weighted by atomic mass is 10.1. The Balaban J connectivity index is 2.01. The van der Waals surface area contributed by atoms with Gasteiger partial charge in [-0.25, -0.2) is 4.79 Å². The molecule has 0 aromatic heterocycles. The Labute approximate surface area is 157 Å². The second kappa shape index (κ2) is 9.59. The van der Waals surface area contributed by atoms with Gasteiger partial charge >= 0.3 is 6.09 Å². The van der Waals surface area contributed by atoms with Crippen LogP contribution in [-0.2, 0) is 24.3 Å². The average molecular weight is 406 g/mol. The number of aliphatic hydroxyl groups excluding tert-OH is 1. The Morgan fingerprint density at radius 2 is 1.92 bits per heavy atom. The minimum atomic E-state index is -0.396. The third kappa shape index (κ3) is 6.18. The number of amides is 1. The zero-order valence-corrected chi connectivity index (χ0v) is 16.2. The van der Waals surface area contributed by atoms with Crippen molar-refractivity contribution < 1.29 is 14.6 Å². The largest absolute Gasteiger partial charge is 0.445 e. The summed E-state index contributed by atoms with van der Waals surface area (Å²) in [5, 5.41) is 9.56. The molecule has 0 aliphatic heterocycles. The standard InChI is InChI=1S/C20H24BrNO3/c1-3-22(20(24)25-14-16-7-5-4-6-8-16)13-18-12-17(11-15(2)23)9-10-19(18)21/h4-10,12,15,23H,3,11,13-14H2,1-2H3. The molecule has 0 aliphatic rings. The number of carbonyl (C=O) groups is 1. The molecule has 1 atom stereocenters. The van der Waals surface area contributed by atoms with Gasteiger partial charge in [-0.05, 0) is 43.0 Å². The van der Waals surface area contributed by atoms with Crippen LogP contribution in [0.5, 0.6) is 0 Å². The van der Waals surface area contributed by atoms with E-state index < -0.39 is 6.10 Å². The maximum Gasteiger partial charge on any atom is 0.410 e. The molecule has 0 aliphatic carbocycles. The van der Waals surface area contributed by atoms with Crippen LogP contribution in [0.15, 0.2) is 53.0 Å². The molecule has 0 heterocycles. The number of rotatable bonds is 7. The van der Waals surface area contributed by atoms with Gasteiger partial charge in [0.25, 0.3) is 0 Å². The van der Waals surface area contributed by atoms with Crippen molar-refractivity contribution in [2.75, 3.05) is 6.54 Å². The molecule has 1 N–H and O–H groups in total. The second-order valence-electron chi connectivity index (χ2n) is 6.03. The van der Waals surface area contributed by atoms with Gasteiger partial charge in [0.05, 0.1) is 12.6 Å². The average Bonchev–Trinajstić information content (AvgIpc) is 2.60. The quantitative estimate of drug-likeness (QED) is 0.735. The van der Waals surface area contributed by atoms with Gasteiger partial charge in [-0.1, -0.05) is 58.4 Å². The molecular weight excluding hydrogens is 382 g/mol. The molecule has 0 fully saturated rings. The number of halogens is 1. The van der Waals surface area contributed by atoms with Crippen LogP contribution in [0.25, 0.3) is 0 Å². The highest BCUT2D eigenvalue weighted by molar-refractivity contribution is 9.10. The number of hydrogen-bond acceptors (Lipinski definition) is 3. The molecule has 0 saturated heterocycles. The normalized spacial score (nSPS) is 11.8. The smallest absolute Gasteiger partial charge is 0.410 e. The van der Waals surface area contributed by atoms with E-state index in [0.717, 1.165) is 21.2 Å². The zero-order valence-electron chi connectivity index (χ0n) is 14.6. The van der Waals surface area contributed by atoms with Crippen LogP contribution in [0.2, 0.25) is 0 Å². The highest BCUT2D eigenvalue weighted by Gasteiger charge is 2.16. The highest BCUT2D eigenvalue weighted by Crippen LogP contribution is 2.21. The molecule has 5 heteroatoms. The van der Waals surface area contributed by atoms with Crippen molar-refractivity contribution in [2.45, 2.75) is 39.5 Å². The zero-order chi connectivity index (χ0) is 18.2. The van der Waals surface area contributed by atoms with Crippen molar-refractivity contribution in [2.24, 2.45) is 0 Å². The van der Waals surface area contributed by atoms with Crippen molar-refractivity contribution >= 4 is 22.0 Å². The topological polar surface area (TPSA) is 49.8 Å². The molecule has 2 rings (SSSR count). The first-order valence-electron chi connectivity index (χ1n) is 8.40. The first-order valence-corrected chi connectivity index (χ1v) is 9.20. The number of carbonyl (C=O) groups excluding carboxylic acids is 1. The highest BCUT2D eigenvalue weighted by atomic mass is 79.9. The van der Waals surface area contributed by atoms with Crippen LogP contribution >= 0.6 is 15.9 Å². The molecule has 0 saturated carbocycles. The lowest BCUT2D eigenvalue weighted by Crippen LogP contribution is -2.31. The summed E-state index contributed by atoms with van der Waals surface area (Å²) in [7, 11) is 0. The maximum atomic E-state index is 12.4. The summed E-state index contributed by atoms with van der Waals surface area (Å²) >= 11 is 3.54. The molecule has 2 aromatic carbocycles. The summed E-state index contributed by atoms with van der Waals surface area (Å²) in [5.41, 5.74) is 3.01. The first kappa shape index (κ1) is 19.5. The van der Waals surface area contributed by atoms with E-state index in [1.165, 1.54) is 0 Å². The fourth-order valence-corrected chi connectivity index (χ4v) is 2.91. The Morgan fingerprint density at radius 1 is 1.20 bits per heavy atom. The molecule has 1 amide bonds. The van der Waals surface area contributed by atoms with Crippen LogP contribution in [-0.4, -0.2) is 28.7 Å². The molecule has 134 valence electrons. The predicted molar refractivity (Wildman–Crippen MR) is 102 cm³/mol. The molecule has 0 bridgehead atoms. The minimum absolute atomic E-state index is 0.263. The molecule has 4 nitrogen and oxygen atoms in total. The van der Waals surface area contributed by atoms with E-state index in [2.05, 4.69) is 15.9 Å². The van der Waals surface area contributed by atoms with E-state index >= 15 is 0 Å². The molecule has 0 spiro atoms. The monoisotopic (exact) mass is 405 g/mol. The molecule has 2 aromatic rings. The summed E-state index contributed by atoms with van der Waals surface area (Å²) in [6.07, 6.45) is -0.142. The Morgan fingerprint density at radius 3 is 2.56 bits per heavy atom. The van der Waals surface area contributed by atoms with Gasteiger partial charge in [0.2, 0.25) is 0 Å². The fraction of sp³-hybridized carbons (Fsp3) is 0.350. The van der Waals surface area contributed by atoms with Crippen LogP contribution in [0, 0.1) is 0 Å². The number of ether oxygens (including phenoxy) is 1. The lowest BCUT2D eigenvalue weighted by molar-refractivity contribution is 0.0955. The van der Waals surface area contributed by atoms with Crippen molar-refractivity contribution in [1.29, 1.82) is 0 Å². The second-order valence-corrected chi connectivity index (χ2v) is 6.89. The summed E-state index contributed by atoms with van der Waals surface area (Å²) in [6, 6.07) is 15.6. The third-order valence-electron chi connectivity index (χ3n) is 3.85. The Hall–Kier alpha value is -1.85. The lowest BCUT2D eigenvalue weighted by Gasteiger charge is -2.21. The number of nitrogens with zero attached hydrogens (tertiary/aromatic N) is 1. The minimum Gasteiger partial charge on any atom is -0.445 e. The molecule has 0 radical (unpaired) electrons. The summed E-state index contributed by atoms with van der Waals surface area (Å²) in [4.78, 5) is 14.0. The number of aliphatic hydroxyl groups is 1. The Bertz CT molecular complexity index is 689. The summed E-state index contributed by atoms with van der Waals surface area (Å²) in [5.74, 6) is 0. The van der Waals surface area contributed by atoms with E-state index in [0.29, 0.717) is 19.5 Å². The maximum absolute atomic E-state index is 12.4. The number of benzene rings is 2. The summed E-state index contributed by atoms with van der Waals surface area (Å²) in [6.45, 7) is 4.97. The van der Waals surface area contributed by atoms with E-state index in [4.69, 9.17) is 4.74 Å². The van der Waals surface area contributed by atoms with Gasteiger partial charge in [0.1, 0.15) is 6.61 Å². The molecule has 1 unspecified atom stereocenters. The van der Waals surface area contributed by atoms with Crippen LogP contribution in [0.4, 0.5) is 4.79 Å². The van der Waals surface area contributed by atoms with Gasteiger partial charge in [-0.2, -0.15) is 0 Å². The third-order valence-corrected chi connectivity index (χ3v) is 4.62. The van der Waals surface area contributed by atoms with Crippen LogP contribution in [0.3, 0.4) is 0 Å². The predicted octanol–water partition coefficient (Wildman–Crippen LogP) is 4.53. The van der Waals surface area contributed by atoms with Crippen LogP contribution < -0.4 is 0 Å². The fourth-order valence-electron chi connectivity index (χ4n) is 2.54. The summed E-state index contributed by atoms with van der Waals surface area (Å²) < 4.78 is 6.36. The van der Waals surface area contributed by atoms with Gasteiger partial charge < -0.3 is 14.7 Å². The number of hydrogen-bond donors (Lipinski definition) is 1. The molecule has 25 heavy (non-hydrogen) atoms. The Kier molecular flexibility index (Phi) is 7.47. The van der Waals surface area contributed by atoms with Gasteiger partial charge in [0.15, 0.2) is 0 Å². The van der Waals surface area contributed by atoms with Crippen molar-refractivity contribution in [3.05, 3.63) is 69.7 Å². The van der Waals surface area contributed by atoms with Crippen molar-refractivity contribution in [3.8, 4) is 0 Å². The SMILES string of the molecule is CCN(Cc1cc(CC(C)O)ccc1Br)C(=O)OCc1ccccc1. The van der Waals surface area contributed by atoms with E-state index in [-0.39, 0.29) is 12.7 Å². The van der Waals surface area contributed by atoms with E-state index in [9.17, 15) is 9.90 Å². The molecular formula is C20H24BrNO3. The van der Waals surface area contributed by atoms with E-state index in [1.807, 2.05) is 55.5 Å². The van der Waals surface area contributed by atoms with Gasteiger partial charge in [-0.15, -0.1) is 0 Å². The first-order chi connectivity index (χ1) is 12.0.